The first kappa shape index (κ1) is 12.8. The third-order valence-electron chi connectivity index (χ3n) is 2.95. The van der Waals surface area contributed by atoms with Crippen LogP contribution in [-0.4, -0.2) is 0 Å². The SMILES string of the molecule is c1ccc(N[S+](c2ccccc2)c2ccccc2)cc1. The zero-order valence-corrected chi connectivity index (χ0v) is 11.9. The first-order valence-electron chi connectivity index (χ1n) is 6.59. The molecular formula is C18H16NS+. The molecule has 0 fully saturated rings. The molecule has 1 N–H and O–H groups in total. The van der Waals surface area contributed by atoms with Gasteiger partial charge in [0.25, 0.3) is 0 Å². The molecule has 0 radical (unpaired) electrons. The van der Waals surface area contributed by atoms with Crippen LogP contribution < -0.4 is 4.72 Å². The monoisotopic (exact) mass is 278 g/mol. The highest BCUT2D eigenvalue weighted by molar-refractivity contribution is 7.98. The summed E-state index contributed by atoms with van der Waals surface area (Å²) in [6.45, 7) is 0. The summed E-state index contributed by atoms with van der Waals surface area (Å²) in [6, 6.07) is 31.5. The maximum absolute atomic E-state index is 3.64. The molecule has 0 saturated carbocycles. The van der Waals surface area contributed by atoms with E-state index < -0.39 is 0 Å². The highest BCUT2D eigenvalue weighted by atomic mass is 32.2. The molecule has 20 heavy (non-hydrogen) atoms. The lowest BCUT2D eigenvalue weighted by Gasteiger charge is -2.09. The van der Waals surface area contributed by atoms with E-state index in [4.69, 9.17) is 0 Å². The fourth-order valence-corrected chi connectivity index (χ4v) is 3.73. The zero-order valence-electron chi connectivity index (χ0n) is 11.1. The van der Waals surface area contributed by atoms with Crippen LogP contribution in [0.1, 0.15) is 0 Å². The van der Waals surface area contributed by atoms with Gasteiger partial charge in [-0.05, 0) is 36.4 Å². The zero-order chi connectivity index (χ0) is 13.6. The number of para-hydroxylation sites is 1. The van der Waals surface area contributed by atoms with E-state index in [1.807, 2.05) is 6.07 Å². The van der Waals surface area contributed by atoms with Crippen LogP contribution in [0, 0.1) is 0 Å². The van der Waals surface area contributed by atoms with Crippen molar-refractivity contribution in [2.24, 2.45) is 0 Å². The van der Waals surface area contributed by atoms with Gasteiger partial charge >= 0.3 is 0 Å². The minimum Gasteiger partial charge on any atom is -0.197 e. The molecule has 0 bridgehead atoms. The quantitative estimate of drug-likeness (QED) is 0.679. The fourth-order valence-electron chi connectivity index (χ4n) is 1.99. The molecule has 0 aromatic heterocycles. The predicted octanol–water partition coefficient (Wildman–Crippen LogP) is 4.75. The van der Waals surface area contributed by atoms with Gasteiger partial charge in [0, 0.05) is 0 Å². The second-order valence-electron chi connectivity index (χ2n) is 4.40. The molecule has 0 spiro atoms. The van der Waals surface area contributed by atoms with Crippen molar-refractivity contribution in [3.8, 4) is 0 Å². The van der Waals surface area contributed by atoms with Crippen molar-refractivity contribution in [2.45, 2.75) is 9.79 Å². The van der Waals surface area contributed by atoms with Crippen molar-refractivity contribution in [1.29, 1.82) is 0 Å². The smallest absolute Gasteiger partial charge is 0.187 e. The van der Waals surface area contributed by atoms with E-state index in [0.717, 1.165) is 5.69 Å². The van der Waals surface area contributed by atoms with Crippen LogP contribution >= 0.6 is 0 Å². The predicted molar refractivity (Wildman–Crippen MR) is 86.8 cm³/mol. The maximum atomic E-state index is 3.64. The molecule has 98 valence electrons. The van der Waals surface area contributed by atoms with Crippen LogP contribution in [0.25, 0.3) is 0 Å². The van der Waals surface area contributed by atoms with Crippen LogP contribution in [0.3, 0.4) is 0 Å². The Morgan fingerprint density at radius 3 is 1.35 bits per heavy atom. The standard InChI is InChI=1S/C18H16NS/c1-4-10-16(11-5-1)19-20(17-12-6-2-7-13-17)18-14-8-3-9-15-18/h1-15,19H/q+1. The van der Waals surface area contributed by atoms with E-state index in [-0.39, 0.29) is 11.1 Å². The molecule has 0 aliphatic heterocycles. The Labute approximate surface area is 122 Å². The van der Waals surface area contributed by atoms with Gasteiger partial charge in [-0.25, -0.2) is 0 Å². The third kappa shape index (κ3) is 3.03. The highest BCUT2D eigenvalue weighted by Gasteiger charge is 2.25. The van der Waals surface area contributed by atoms with Gasteiger partial charge < -0.3 is 0 Å². The highest BCUT2D eigenvalue weighted by Crippen LogP contribution is 2.24. The molecule has 0 saturated heterocycles. The van der Waals surface area contributed by atoms with Crippen LogP contribution in [0.5, 0.6) is 0 Å². The number of rotatable bonds is 4. The van der Waals surface area contributed by atoms with Crippen LogP contribution in [0.2, 0.25) is 0 Å². The van der Waals surface area contributed by atoms with Crippen LogP contribution in [-0.2, 0) is 11.1 Å². The van der Waals surface area contributed by atoms with Crippen molar-refractivity contribution in [1.82, 2.24) is 0 Å². The minimum atomic E-state index is -0.152. The summed E-state index contributed by atoms with van der Waals surface area (Å²) in [4.78, 5) is 2.59. The van der Waals surface area contributed by atoms with Crippen LogP contribution in [0.15, 0.2) is 101 Å². The molecule has 3 aromatic rings. The molecule has 3 rings (SSSR count). The molecule has 1 nitrogen and oxygen atoms in total. The van der Waals surface area contributed by atoms with Crippen molar-refractivity contribution >= 4 is 16.8 Å². The Balaban J connectivity index is 1.96. The summed E-state index contributed by atoms with van der Waals surface area (Å²) in [5.41, 5.74) is 1.14. The number of hydrogen-bond acceptors (Lipinski definition) is 1. The Kier molecular flexibility index (Phi) is 4.04. The second-order valence-corrected chi connectivity index (χ2v) is 6.16. The molecular weight excluding hydrogens is 262 g/mol. The number of nitrogens with one attached hydrogen (secondary N) is 1. The summed E-state index contributed by atoms with van der Waals surface area (Å²) in [5.74, 6) is 0. The van der Waals surface area contributed by atoms with Crippen molar-refractivity contribution in [3.05, 3.63) is 91.0 Å². The van der Waals surface area contributed by atoms with Gasteiger partial charge in [0.1, 0.15) is 0 Å². The molecule has 0 aliphatic rings. The van der Waals surface area contributed by atoms with Gasteiger partial charge in [-0.15, -0.1) is 0 Å². The fraction of sp³-hybridized carbons (Fsp3) is 0. The summed E-state index contributed by atoms with van der Waals surface area (Å²) in [7, 11) is 0. The molecule has 2 heteroatoms. The van der Waals surface area contributed by atoms with Crippen LogP contribution in [0.4, 0.5) is 5.69 Å². The number of anilines is 1. The van der Waals surface area contributed by atoms with E-state index in [0.29, 0.717) is 0 Å². The van der Waals surface area contributed by atoms with Gasteiger partial charge in [-0.1, -0.05) is 54.6 Å². The van der Waals surface area contributed by atoms with E-state index in [2.05, 4.69) is 89.7 Å². The molecule has 0 unspecified atom stereocenters. The van der Waals surface area contributed by atoms with Gasteiger partial charge in [-0.2, -0.15) is 4.72 Å². The third-order valence-corrected chi connectivity index (χ3v) is 4.88. The average molecular weight is 278 g/mol. The maximum Gasteiger partial charge on any atom is 0.187 e. The number of hydrogen-bond donors (Lipinski definition) is 1. The van der Waals surface area contributed by atoms with E-state index >= 15 is 0 Å². The lowest BCUT2D eigenvalue weighted by atomic mass is 10.3. The van der Waals surface area contributed by atoms with Gasteiger partial charge in [0.2, 0.25) is 0 Å². The largest absolute Gasteiger partial charge is 0.197 e. The minimum absolute atomic E-state index is 0.152. The Morgan fingerprint density at radius 2 is 0.900 bits per heavy atom. The summed E-state index contributed by atoms with van der Waals surface area (Å²) in [5, 5.41) is 0. The van der Waals surface area contributed by atoms with Crippen molar-refractivity contribution in [2.75, 3.05) is 4.72 Å². The summed E-state index contributed by atoms with van der Waals surface area (Å²) >= 11 is -0.152. The lowest BCUT2D eigenvalue weighted by Crippen LogP contribution is -2.14. The second kappa shape index (κ2) is 6.31. The van der Waals surface area contributed by atoms with E-state index in [9.17, 15) is 0 Å². The molecule has 0 atom stereocenters. The normalized spacial score (nSPS) is 10.4. The summed E-state index contributed by atoms with van der Waals surface area (Å²) < 4.78 is 3.64. The Hall–Kier alpha value is -2.19. The van der Waals surface area contributed by atoms with Gasteiger partial charge in [0.05, 0.1) is 5.69 Å². The lowest BCUT2D eigenvalue weighted by molar-refractivity contribution is 1.37. The summed E-state index contributed by atoms with van der Waals surface area (Å²) in [6.07, 6.45) is 0. The molecule has 3 aromatic carbocycles. The Bertz CT molecular complexity index is 599. The first-order chi connectivity index (χ1) is 9.93. The first-order valence-corrected chi connectivity index (χ1v) is 7.82. The van der Waals surface area contributed by atoms with Crippen molar-refractivity contribution in [3.63, 3.8) is 0 Å². The van der Waals surface area contributed by atoms with E-state index in [1.165, 1.54) is 9.79 Å². The molecule has 0 amide bonds. The van der Waals surface area contributed by atoms with Crippen molar-refractivity contribution < 1.29 is 0 Å². The molecule has 0 aliphatic carbocycles. The topological polar surface area (TPSA) is 12.0 Å². The van der Waals surface area contributed by atoms with E-state index in [1.54, 1.807) is 0 Å². The Morgan fingerprint density at radius 1 is 0.500 bits per heavy atom. The number of benzene rings is 3. The molecule has 0 heterocycles. The average Bonchev–Trinajstić information content (AvgIpc) is 2.55. The van der Waals surface area contributed by atoms with Gasteiger partial charge in [-0.3, -0.25) is 0 Å². The van der Waals surface area contributed by atoms with Gasteiger partial charge in [0.15, 0.2) is 20.9 Å².